The zero-order valence-corrected chi connectivity index (χ0v) is 12.5. The summed E-state index contributed by atoms with van der Waals surface area (Å²) in [5.74, 6) is 0. The van der Waals surface area contributed by atoms with Crippen LogP contribution in [0.4, 0.5) is 4.79 Å². The molecule has 0 saturated heterocycles. The second kappa shape index (κ2) is 8.00. The molecule has 0 unspecified atom stereocenters. The maximum absolute atomic E-state index is 11.5. The second-order valence-corrected chi connectivity index (χ2v) is 5.66. The first-order valence-electron chi connectivity index (χ1n) is 7.25. The van der Waals surface area contributed by atoms with Crippen molar-refractivity contribution in [2.45, 2.75) is 44.6 Å². The Balaban J connectivity index is 1.47. The highest BCUT2D eigenvalue weighted by atomic mass is 32.1. The van der Waals surface area contributed by atoms with Crippen LogP contribution in [-0.2, 0) is 11.2 Å². The van der Waals surface area contributed by atoms with Crippen LogP contribution in [-0.4, -0.2) is 23.6 Å². The van der Waals surface area contributed by atoms with Gasteiger partial charge in [0.1, 0.15) is 0 Å². The predicted octanol–water partition coefficient (Wildman–Crippen LogP) is 3.66. The molecular formula is C16H21NO2S. The minimum Gasteiger partial charge on any atom is -0.450 e. The lowest BCUT2D eigenvalue weighted by molar-refractivity contribution is 0.141. The molecule has 1 fully saturated rings. The molecule has 1 aromatic carbocycles. The van der Waals surface area contributed by atoms with Crippen molar-refractivity contribution in [3.05, 3.63) is 35.9 Å². The van der Waals surface area contributed by atoms with E-state index in [1.165, 1.54) is 5.56 Å². The van der Waals surface area contributed by atoms with Gasteiger partial charge in [-0.15, -0.1) is 0 Å². The van der Waals surface area contributed by atoms with Crippen molar-refractivity contribution in [3.8, 4) is 0 Å². The maximum atomic E-state index is 11.5. The highest BCUT2D eigenvalue weighted by Gasteiger charge is 2.25. The number of alkyl carbamates (subject to hydrolysis) is 1. The molecule has 2 rings (SSSR count). The highest BCUT2D eigenvalue weighted by molar-refractivity contribution is 7.80. The average Bonchev–Trinajstić information content (AvgIpc) is 2.48. The standard InChI is InChI=1S/C16H21NO2S/c18-16(17-14-10-11-15(14)20)19-12-6-2-5-9-13-7-3-1-4-8-13/h1,3-4,7-8,14H,2,5-6,9-12H2,(H,17,18)/t14-/m0/s1. The molecule has 4 heteroatoms. The van der Waals surface area contributed by atoms with Gasteiger partial charge in [-0.3, -0.25) is 0 Å². The third-order valence-corrected chi connectivity index (χ3v) is 4.03. The van der Waals surface area contributed by atoms with E-state index >= 15 is 0 Å². The summed E-state index contributed by atoms with van der Waals surface area (Å²) in [5.41, 5.74) is 1.37. The molecule has 0 radical (unpaired) electrons. The number of amides is 1. The van der Waals surface area contributed by atoms with Crippen LogP contribution >= 0.6 is 12.2 Å². The van der Waals surface area contributed by atoms with Crippen LogP contribution in [0.5, 0.6) is 0 Å². The lowest BCUT2D eigenvalue weighted by Crippen LogP contribution is -2.46. The summed E-state index contributed by atoms with van der Waals surface area (Å²) in [6.45, 7) is 0.486. The molecule has 3 nitrogen and oxygen atoms in total. The van der Waals surface area contributed by atoms with Gasteiger partial charge < -0.3 is 10.1 Å². The van der Waals surface area contributed by atoms with Gasteiger partial charge in [0.15, 0.2) is 0 Å². The van der Waals surface area contributed by atoms with E-state index in [-0.39, 0.29) is 12.1 Å². The molecule has 1 aliphatic rings. The molecule has 1 amide bonds. The summed E-state index contributed by atoms with van der Waals surface area (Å²) in [4.78, 5) is 12.4. The number of thiocarbonyl (C=S) groups is 1. The average molecular weight is 291 g/mol. The van der Waals surface area contributed by atoms with Crippen LogP contribution in [0.1, 0.15) is 37.7 Å². The van der Waals surface area contributed by atoms with Crippen LogP contribution in [0.3, 0.4) is 0 Å². The molecular weight excluding hydrogens is 270 g/mol. The van der Waals surface area contributed by atoms with Crippen LogP contribution in [0.15, 0.2) is 30.3 Å². The summed E-state index contributed by atoms with van der Waals surface area (Å²) in [6, 6.07) is 10.5. The first-order chi connectivity index (χ1) is 9.75. The number of unbranched alkanes of at least 4 members (excludes halogenated alkanes) is 2. The van der Waals surface area contributed by atoms with Gasteiger partial charge >= 0.3 is 6.09 Å². The van der Waals surface area contributed by atoms with Crippen molar-refractivity contribution in [1.29, 1.82) is 0 Å². The number of hydrogen-bond donors (Lipinski definition) is 1. The Hall–Kier alpha value is -1.42. The molecule has 1 aliphatic carbocycles. The number of aryl methyl sites for hydroxylation is 1. The summed E-state index contributed by atoms with van der Waals surface area (Å²) in [6.07, 6.45) is 5.76. The SMILES string of the molecule is O=C(N[C@H]1CCC1=S)OCCCCCc1ccccc1. The van der Waals surface area contributed by atoms with Gasteiger partial charge in [-0.2, -0.15) is 0 Å². The van der Waals surface area contributed by atoms with Crippen LogP contribution in [0.25, 0.3) is 0 Å². The zero-order chi connectivity index (χ0) is 14.2. The molecule has 0 aromatic heterocycles. The quantitative estimate of drug-likeness (QED) is 0.615. The van der Waals surface area contributed by atoms with Gasteiger partial charge in [-0.05, 0) is 44.1 Å². The van der Waals surface area contributed by atoms with E-state index in [1.54, 1.807) is 0 Å². The number of hydrogen-bond acceptors (Lipinski definition) is 3. The molecule has 1 aromatic rings. The molecule has 1 N–H and O–H groups in total. The van der Waals surface area contributed by atoms with Crippen molar-refractivity contribution < 1.29 is 9.53 Å². The zero-order valence-electron chi connectivity index (χ0n) is 11.6. The van der Waals surface area contributed by atoms with Gasteiger partial charge in [0, 0.05) is 4.86 Å². The fourth-order valence-electron chi connectivity index (χ4n) is 2.16. The van der Waals surface area contributed by atoms with Gasteiger partial charge in [0.25, 0.3) is 0 Å². The maximum Gasteiger partial charge on any atom is 0.407 e. The number of ether oxygens (including phenoxy) is 1. The van der Waals surface area contributed by atoms with Crippen LogP contribution in [0.2, 0.25) is 0 Å². The molecule has 0 spiro atoms. The summed E-state index contributed by atoms with van der Waals surface area (Å²) in [5, 5.41) is 2.78. The first-order valence-corrected chi connectivity index (χ1v) is 7.66. The third-order valence-electron chi connectivity index (χ3n) is 3.55. The third kappa shape index (κ3) is 4.93. The molecule has 108 valence electrons. The lowest BCUT2D eigenvalue weighted by Gasteiger charge is -2.27. The molecule has 1 atom stereocenters. The van der Waals surface area contributed by atoms with E-state index < -0.39 is 0 Å². The summed E-state index contributed by atoms with van der Waals surface area (Å²) >= 11 is 5.07. The van der Waals surface area contributed by atoms with E-state index in [0.29, 0.717) is 6.61 Å². The fourth-order valence-corrected chi connectivity index (χ4v) is 2.46. The number of carbonyl (C=O) groups excluding carboxylic acids is 1. The Kier molecular flexibility index (Phi) is 5.99. The number of rotatable bonds is 7. The van der Waals surface area contributed by atoms with E-state index in [0.717, 1.165) is 43.4 Å². The molecule has 0 aliphatic heterocycles. The van der Waals surface area contributed by atoms with Crippen molar-refractivity contribution in [1.82, 2.24) is 5.32 Å². The minimum absolute atomic E-state index is 0.0654. The van der Waals surface area contributed by atoms with E-state index in [2.05, 4.69) is 29.6 Å². The van der Waals surface area contributed by atoms with E-state index in [4.69, 9.17) is 17.0 Å². The lowest BCUT2D eigenvalue weighted by atomic mass is 9.93. The number of carbonyl (C=O) groups is 1. The normalized spacial score (nSPS) is 17.4. The largest absolute Gasteiger partial charge is 0.450 e. The van der Waals surface area contributed by atoms with Crippen molar-refractivity contribution in [2.24, 2.45) is 0 Å². The Morgan fingerprint density at radius 1 is 1.25 bits per heavy atom. The predicted molar refractivity (Wildman–Crippen MR) is 84.1 cm³/mol. The topological polar surface area (TPSA) is 38.3 Å². The molecule has 0 bridgehead atoms. The Morgan fingerprint density at radius 2 is 2.05 bits per heavy atom. The fraction of sp³-hybridized carbons (Fsp3) is 0.500. The van der Waals surface area contributed by atoms with Gasteiger partial charge in [-0.25, -0.2) is 4.79 Å². The summed E-state index contributed by atoms with van der Waals surface area (Å²) < 4.78 is 5.14. The van der Waals surface area contributed by atoms with Crippen LogP contribution in [0, 0.1) is 0 Å². The van der Waals surface area contributed by atoms with Gasteiger partial charge in [0.2, 0.25) is 0 Å². The van der Waals surface area contributed by atoms with E-state index in [1.807, 2.05) is 6.07 Å². The van der Waals surface area contributed by atoms with Gasteiger partial charge in [0.05, 0.1) is 12.6 Å². The second-order valence-electron chi connectivity index (χ2n) is 5.13. The Morgan fingerprint density at radius 3 is 2.70 bits per heavy atom. The monoisotopic (exact) mass is 291 g/mol. The van der Waals surface area contributed by atoms with E-state index in [9.17, 15) is 4.79 Å². The Labute approximate surface area is 125 Å². The number of nitrogens with one attached hydrogen (secondary N) is 1. The molecule has 20 heavy (non-hydrogen) atoms. The van der Waals surface area contributed by atoms with Crippen molar-refractivity contribution in [3.63, 3.8) is 0 Å². The van der Waals surface area contributed by atoms with Crippen molar-refractivity contribution in [2.75, 3.05) is 6.61 Å². The van der Waals surface area contributed by atoms with Gasteiger partial charge in [-0.1, -0.05) is 42.5 Å². The summed E-state index contributed by atoms with van der Waals surface area (Å²) in [7, 11) is 0. The molecule has 1 saturated carbocycles. The smallest absolute Gasteiger partial charge is 0.407 e. The minimum atomic E-state index is -0.333. The first kappa shape index (κ1) is 15.0. The Bertz CT molecular complexity index is 447. The highest BCUT2D eigenvalue weighted by Crippen LogP contribution is 2.16. The van der Waals surface area contributed by atoms with Crippen molar-refractivity contribution >= 4 is 23.2 Å². The van der Waals surface area contributed by atoms with Crippen LogP contribution < -0.4 is 5.32 Å². The molecule has 0 heterocycles. The number of benzene rings is 1.